The van der Waals surface area contributed by atoms with Crippen LogP contribution in [-0.4, -0.2) is 23.0 Å². The van der Waals surface area contributed by atoms with Gasteiger partial charge in [-0.2, -0.15) is 4.98 Å². The smallest absolute Gasteiger partial charge is 0.248 e. The second kappa shape index (κ2) is 6.12. The molecule has 0 saturated carbocycles. The number of carbonyl (C=O) groups excluding carboxylic acids is 1. The average Bonchev–Trinajstić information content (AvgIpc) is 2.46. The van der Waals surface area contributed by atoms with Crippen molar-refractivity contribution in [3.8, 4) is 5.88 Å². The van der Waals surface area contributed by atoms with Crippen LogP contribution in [0.5, 0.6) is 5.88 Å². The maximum atomic E-state index is 12.1. The molecule has 6 nitrogen and oxygen atoms in total. The molecule has 1 aromatic heterocycles. The summed E-state index contributed by atoms with van der Waals surface area (Å²) in [5.74, 6) is 0.197. The van der Waals surface area contributed by atoms with Crippen molar-refractivity contribution in [2.24, 2.45) is 5.73 Å². The van der Waals surface area contributed by atoms with E-state index < -0.39 is 6.04 Å². The summed E-state index contributed by atoms with van der Waals surface area (Å²) in [6.07, 6.45) is 0. The molecule has 0 bridgehead atoms. The van der Waals surface area contributed by atoms with E-state index in [0.717, 1.165) is 5.56 Å². The monoisotopic (exact) mass is 272 g/mol. The lowest BCUT2D eigenvalue weighted by molar-refractivity contribution is -0.117. The fourth-order valence-electron chi connectivity index (χ4n) is 1.70. The third-order valence-electron chi connectivity index (χ3n) is 2.72. The molecule has 2 aromatic rings. The first-order valence-corrected chi connectivity index (χ1v) is 6.11. The van der Waals surface area contributed by atoms with Gasteiger partial charge in [0.2, 0.25) is 17.7 Å². The number of aromatic nitrogens is 2. The molecule has 0 saturated heterocycles. The Labute approximate surface area is 117 Å². The molecule has 104 valence electrons. The highest BCUT2D eigenvalue weighted by Gasteiger charge is 2.17. The van der Waals surface area contributed by atoms with E-state index in [1.54, 1.807) is 25.1 Å². The summed E-state index contributed by atoms with van der Waals surface area (Å²) < 4.78 is 5.03. The molecule has 1 aromatic carbocycles. The molecule has 1 amide bonds. The Hall–Kier alpha value is -2.47. The average molecular weight is 272 g/mol. The van der Waals surface area contributed by atoms with Crippen molar-refractivity contribution < 1.29 is 9.53 Å². The Bertz CT molecular complexity index is 601. The molecular weight excluding hydrogens is 256 g/mol. The van der Waals surface area contributed by atoms with Crippen molar-refractivity contribution in [2.45, 2.75) is 13.0 Å². The number of nitrogens with two attached hydrogens (primary N) is 1. The van der Waals surface area contributed by atoms with Crippen molar-refractivity contribution in [2.75, 3.05) is 12.4 Å². The van der Waals surface area contributed by atoms with Gasteiger partial charge in [-0.3, -0.25) is 10.1 Å². The second-order valence-corrected chi connectivity index (χ2v) is 4.25. The Morgan fingerprint density at radius 2 is 2.00 bits per heavy atom. The van der Waals surface area contributed by atoms with E-state index in [1.165, 1.54) is 7.11 Å². The van der Waals surface area contributed by atoms with Crippen molar-refractivity contribution in [1.82, 2.24) is 9.97 Å². The molecular formula is C14H16N4O2. The molecule has 0 unspecified atom stereocenters. The minimum Gasteiger partial charge on any atom is -0.481 e. The van der Waals surface area contributed by atoms with Crippen molar-refractivity contribution in [3.63, 3.8) is 0 Å². The molecule has 2 rings (SSSR count). The Morgan fingerprint density at radius 1 is 1.30 bits per heavy atom. The fourth-order valence-corrected chi connectivity index (χ4v) is 1.70. The van der Waals surface area contributed by atoms with Gasteiger partial charge in [0, 0.05) is 11.8 Å². The van der Waals surface area contributed by atoms with Crippen LogP contribution in [0.2, 0.25) is 0 Å². The largest absolute Gasteiger partial charge is 0.481 e. The van der Waals surface area contributed by atoms with Gasteiger partial charge in [-0.1, -0.05) is 30.3 Å². The number of hydrogen-bond acceptors (Lipinski definition) is 5. The molecule has 1 atom stereocenters. The van der Waals surface area contributed by atoms with Crippen molar-refractivity contribution in [3.05, 3.63) is 47.7 Å². The number of carbonyl (C=O) groups is 1. The van der Waals surface area contributed by atoms with E-state index >= 15 is 0 Å². The third kappa shape index (κ3) is 3.30. The highest BCUT2D eigenvalue weighted by molar-refractivity contribution is 5.94. The number of nitrogens with zero attached hydrogens (tertiary/aromatic N) is 2. The summed E-state index contributed by atoms with van der Waals surface area (Å²) in [6.45, 7) is 1.79. The number of benzene rings is 1. The van der Waals surface area contributed by atoms with Crippen molar-refractivity contribution >= 4 is 11.9 Å². The van der Waals surface area contributed by atoms with Gasteiger partial charge in [-0.15, -0.1) is 0 Å². The van der Waals surface area contributed by atoms with Gasteiger partial charge in [0.15, 0.2) is 0 Å². The first-order valence-electron chi connectivity index (χ1n) is 6.11. The van der Waals surface area contributed by atoms with E-state index in [0.29, 0.717) is 11.6 Å². The quantitative estimate of drug-likeness (QED) is 0.878. The summed E-state index contributed by atoms with van der Waals surface area (Å²) >= 11 is 0. The molecule has 1 heterocycles. The summed E-state index contributed by atoms with van der Waals surface area (Å²) in [5, 5.41) is 2.59. The molecule has 0 radical (unpaired) electrons. The third-order valence-corrected chi connectivity index (χ3v) is 2.72. The van der Waals surface area contributed by atoms with Gasteiger partial charge in [-0.05, 0) is 12.5 Å². The number of amides is 1. The van der Waals surface area contributed by atoms with Gasteiger partial charge in [0.25, 0.3) is 0 Å². The number of methoxy groups -OCH3 is 1. The molecule has 6 heteroatoms. The van der Waals surface area contributed by atoms with Crippen LogP contribution >= 0.6 is 0 Å². The molecule has 0 aliphatic carbocycles. The van der Waals surface area contributed by atoms with Crippen LogP contribution in [0, 0.1) is 6.92 Å². The van der Waals surface area contributed by atoms with E-state index in [-0.39, 0.29) is 11.9 Å². The number of aryl methyl sites for hydroxylation is 1. The molecule has 0 aliphatic rings. The molecule has 20 heavy (non-hydrogen) atoms. The number of hydrogen-bond donors (Lipinski definition) is 2. The lowest BCUT2D eigenvalue weighted by atomic mass is 10.1. The Kier molecular flexibility index (Phi) is 4.27. The maximum absolute atomic E-state index is 12.1. The van der Waals surface area contributed by atoms with Gasteiger partial charge >= 0.3 is 0 Å². The minimum absolute atomic E-state index is 0.179. The second-order valence-electron chi connectivity index (χ2n) is 4.25. The van der Waals surface area contributed by atoms with Crippen LogP contribution in [0.4, 0.5) is 5.95 Å². The summed E-state index contributed by atoms with van der Waals surface area (Å²) in [5.41, 5.74) is 7.32. The highest BCUT2D eigenvalue weighted by atomic mass is 16.5. The Balaban J connectivity index is 2.13. The zero-order chi connectivity index (χ0) is 14.5. The zero-order valence-electron chi connectivity index (χ0n) is 11.3. The van der Waals surface area contributed by atoms with E-state index in [2.05, 4.69) is 15.3 Å². The topological polar surface area (TPSA) is 90.1 Å². The van der Waals surface area contributed by atoms with Crippen LogP contribution in [0.25, 0.3) is 0 Å². The van der Waals surface area contributed by atoms with Crippen LogP contribution in [0.15, 0.2) is 36.4 Å². The van der Waals surface area contributed by atoms with Crippen LogP contribution in [0.1, 0.15) is 17.3 Å². The normalized spacial score (nSPS) is 11.8. The lowest BCUT2D eigenvalue weighted by Gasteiger charge is -2.12. The maximum Gasteiger partial charge on any atom is 0.248 e. The number of ether oxygens (including phenoxy) is 1. The van der Waals surface area contributed by atoms with Gasteiger partial charge < -0.3 is 10.5 Å². The summed E-state index contributed by atoms with van der Waals surface area (Å²) in [7, 11) is 1.50. The summed E-state index contributed by atoms with van der Waals surface area (Å²) in [6, 6.07) is 10.0. The van der Waals surface area contributed by atoms with E-state index in [9.17, 15) is 4.79 Å². The Morgan fingerprint density at radius 3 is 2.65 bits per heavy atom. The molecule has 3 N–H and O–H groups in total. The predicted octanol–water partition coefficient (Wildman–Crippen LogP) is 1.43. The first kappa shape index (κ1) is 14.0. The van der Waals surface area contributed by atoms with E-state index in [4.69, 9.17) is 10.5 Å². The number of anilines is 1. The van der Waals surface area contributed by atoms with Gasteiger partial charge in [0.1, 0.15) is 6.04 Å². The number of nitrogens with one attached hydrogen (secondary N) is 1. The van der Waals surface area contributed by atoms with Crippen LogP contribution < -0.4 is 15.8 Å². The zero-order valence-corrected chi connectivity index (χ0v) is 11.3. The molecule has 0 spiro atoms. The van der Waals surface area contributed by atoms with Crippen molar-refractivity contribution in [1.29, 1.82) is 0 Å². The van der Waals surface area contributed by atoms with E-state index in [1.807, 2.05) is 18.2 Å². The fraction of sp³-hybridized carbons (Fsp3) is 0.214. The van der Waals surface area contributed by atoms with Crippen LogP contribution in [-0.2, 0) is 4.79 Å². The minimum atomic E-state index is -0.772. The predicted molar refractivity (Wildman–Crippen MR) is 75.3 cm³/mol. The van der Waals surface area contributed by atoms with Gasteiger partial charge in [0.05, 0.1) is 7.11 Å². The van der Waals surface area contributed by atoms with Gasteiger partial charge in [-0.25, -0.2) is 4.98 Å². The lowest BCUT2D eigenvalue weighted by Crippen LogP contribution is -2.28. The summed E-state index contributed by atoms with van der Waals surface area (Å²) in [4.78, 5) is 20.2. The standard InChI is InChI=1S/C14H16N4O2/c1-9-8-11(20-2)17-14(16-9)18-13(19)12(15)10-6-4-3-5-7-10/h3-8,12H,15H2,1-2H3,(H,16,17,18,19)/t12-/m1/s1. The number of rotatable bonds is 4. The SMILES string of the molecule is COc1cc(C)nc(NC(=O)[C@H](N)c2ccccc2)n1. The van der Waals surface area contributed by atoms with Crippen LogP contribution in [0.3, 0.4) is 0 Å². The first-order chi connectivity index (χ1) is 9.60. The molecule has 0 aliphatic heterocycles. The molecule has 0 fully saturated rings. The highest BCUT2D eigenvalue weighted by Crippen LogP contribution is 2.14.